The summed E-state index contributed by atoms with van der Waals surface area (Å²) in [5.74, 6) is 0. The van der Waals surface area contributed by atoms with Crippen LogP contribution in [0, 0.1) is 0 Å². The van der Waals surface area contributed by atoms with Crippen LogP contribution in [0.4, 0.5) is 17.1 Å². The van der Waals surface area contributed by atoms with E-state index in [2.05, 4.69) is 229 Å². The fraction of sp³-hybridized carbons (Fsp3) is 0. The maximum Gasteiger partial charge on any atom is 0.0468 e. The number of hydrogen-bond acceptors (Lipinski definition) is 2. The molecule has 0 aliphatic heterocycles. The van der Waals surface area contributed by atoms with Crippen LogP contribution in [-0.4, -0.2) is 0 Å². The lowest BCUT2D eigenvalue weighted by Crippen LogP contribution is -2.10. The van der Waals surface area contributed by atoms with Gasteiger partial charge in [0, 0.05) is 37.2 Å². The Bertz CT molecular complexity index is 3620. The largest absolute Gasteiger partial charge is 0.310 e. The lowest BCUT2D eigenvalue weighted by molar-refractivity contribution is 1.29. The molecule has 60 heavy (non-hydrogen) atoms. The molecule has 0 radical (unpaired) electrons. The van der Waals surface area contributed by atoms with Crippen LogP contribution in [0.5, 0.6) is 0 Å². The van der Waals surface area contributed by atoms with E-state index in [9.17, 15) is 0 Å². The third kappa shape index (κ3) is 5.92. The highest BCUT2D eigenvalue weighted by Crippen LogP contribution is 2.43. The highest BCUT2D eigenvalue weighted by molar-refractivity contribution is 7.25. The molecule has 0 bridgehead atoms. The second-order valence-electron chi connectivity index (χ2n) is 15.7. The highest BCUT2D eigenvalue weighted by atomic mass is 32.1. The zero-order valence-corrected chi connectivity index (χ0v) is 33.5. The van der Waals surface area contributed by atoms with Crippen molar-refractivity contribution in [3.05, 3.63) is 224 Å². The molecule has 12 rings (SSSR count). The summed E-state index contributed by atoms with van der Waals surface area (Å²) in [6, 6.07) is 82.7. The van der Waals surface area contributed by atoms with Gasteiger partial charge < -0.3 is 4.90 Å². The third-order valence-electron chi connectivity index (χ3n) is 12.1. The molecule has 1 nitrogen and oxygen atoms in total. The number of fused-ring (bicyclic) bond motifs is 8. The van der Waals surface area contributed by atoms with Crippen molar-refractivity contribution >= 4 is 91.7 Å². The minimum Gasteiger partial charge on any atom is -0.310 e. The van der Waals surface area contributed by atoms with Gasteiger partial charge in [-0.1, -0.05) is 152 Å². The smallest absolute Gasteiger partial charge is 0.0468 e. The maximum absolute atomic E-state index is 2.42. The average Bonchev–Trinajstić information content (AvgIpc) is 3.68. The second-order valence-corrected chi connectivity index (χ2v) is 16.8. The third-order valence-corrected chi connectivity index (χ3v) is 13.3. The minimum atomic E-state index is 1.11. The van der Waals surface area contributed by atoms with Gasteiger partial charge in [0.2, 0.25) is 0 Å². The summed E-state index contributed by atoms with van der Waals surface area (Å²) in [6.07, 6.45) is 0. The second kappa shape index (κ2) is 14.1. The van der Waals surface area contributed by atoms with Crippen LogP contribution in [0.25, 0.3) is 96.6 Å². The molecule has 0 aliphatic rings. The summed E-state index contributed by atoms with van der Waals surface area (Å²) in [4.78, 5) is 2.42. The standard InChI is InChI=1S/C58H37NS/c1-2-12-38(13-3-1)42-25-24-39-26-28-49(33-46(39)31-42)59(50-29-27-43-37-58-56(36-47(43)34-50)54-22-8-9-23-57(54)60-58)48-18-11-16-41(32-48)40-15-10-17-44(30-40)55-35-45-14-4-5-19-51(45)52-20-6-7-21-53(52)55/h1-37H. The Labute approximate surface area is 352 Å². The minimum absolute atomic E-state index is 1.11. The van der Waals surface area contributed by atoms with Gasteiger partial charge in [-0.25, -0.2) is 0 Å². The van der Waals surface area contributed by atoms with E-state index in [1.54, 1.807) is 0 Å². The molecule has 0 atom stereocenters. The van der Waals surface area contributed by atoms with Gasteiger partial charge in [-0.05, 0) is 149 Å². The van der Waals surface area contributed by atoms with Gasteiger partial charge in [-0.2, -0.15) is 0 Å². The van der Waals surface area contributed by atoms with E-state index < -0.39 is 0 Å². The fourth-order valence-electron chi connectivity index (χ4n) is 9.21. The maximum atomic E-state index is 2.42. The van der Waals surface area contributed by atoms with Crippen LogP contribution in [0.2, 0.25) is 0 Å². The first-order chi connectivity index (χ1) is 29.7. The molecule has 0 saturated heterocycles. The molecule has 0 N–H and O–H groups in total. The van der Waals surface area contributed by atoms with E-state index >= 15 is 0 Å². The number of nitrogens with zero attached hydrogens (tertiary/aromatic N) is 1. The summed E-state index contributed by atoms with van der Waals surface area (Å²) in [6.45, 7) is 0. The summed E-state index contributed by atoms with van der Waals surface area (Å²) in [5, 5.41) is 12.6. The molecule has 1 heterocycles. The Kier molecular flexibility index (Phi) is 8.11. The van der Waals surface area contributed by atoms with Gasteiger partial charge in [-0.3, -0.25) is 0 Å². The zero-order valence-electron chi connectivity index (χ0n) is 32.7. The Morgan fingerprint density at radius 3 is 1.70 bits per heavy atom. The summed E-state index contributed by atoms with van der Waals surface area (Å²) < 4.78 is 2.65. The summed E-state index contributed by atoms with van der Waals surface area (Å²) in [7, 11) is 0. The molecule has 0 amide bonds. The number of anilines is 3. The first kappa shape index (κ1) is 34.5. The van der Waals surface area contributed by atoms with E-state index in [4.69, 9.17) is 0 Å². The Morgan fingerprint density at radius 1 is 0.250 bits per heavy atom. The zero-order chi connectivity index (χ0) is 39.6. The van der Waals surface area contributed by atoms with Crippen LogP contribution in [0.1, 0.15) is 0 Å². The van der Waals surface area contributed by atoms with Gasteiger partial charge in [0.25, 0.3) is 0 Å². The molecule has 12 aromatic rings. The first-order valence-electron chi connectivity index (χ1n) is 20.6. The lowest BCUT2D eigenvalue weighted by atomic mass is 9.92. The Balaban J connectivity index is 1.02. The SMILES string of the molecule is c1ccc(-c2ccc3ccc(N(c4cccc(-c5cccc(-c6cc7ccccc7c7ccccc67)c5)c4)c4ccc5cc6sc7ccccc7c6cc5c4)cc3c2)cc1. The predicted molar refractivity (Wildman–Crippen MR) is 260 cm³/mol. The molecule has 0 fully saturated rings. The monoisotopic (exact) mass is 779 g/mol. The molecular weight excluding hydrogens is 743 g/mol. The molecule has 1 aromatic heterocycles. The molecule has 0 spiro atoms. The topological polar surface area (TPSA) is 3.24 Å². The Hall–Kier alpha value is -7.52. The number of rotatable bonds is 6. The van der Waals surface area contributed by atoms with E-state index in [0.29, 0.717) is 0 Å². The van der Waals surface area contributed by atoms with Crippen molar-refractivity contribution in [2.75, 3.05) is 4.90 Å². The van der Waals surface area contributed by atoms with Crippen molar-refractivity contribution in [2.24, 2.45) is 0 Å². The molecule has 2 heteroatoms. The van der Waals surface area contributed by atoms with Crippen molar-refractivity contribution in [2.45, 2.75) is 0 Å². The van der Waals surface area contributed by atoms with E-state index in [1.807, 2.05) is 11.3 Å². The van der Waals surface area contributed by atoms with Gasteiger partial charge >= 0.3 is 0 Å². The van der Waals surface area contributed by atoms with Gasteiger partial charge in [-0.15, -0.1) is 11.3 Å². The molecule has 0 unspecified atom stereocenters. The normalized spacial score (nSPS) is 11.7. The van der Waals surface area contributed by atoms with Gasteiger partial charge in [0.05, 0.1) is 0 Å². The van der Waals surface area contributed by atoms with Crippen LogP contribution in [0.15, 0.2) is 224 Å². The molecule has 11 aromatic carbocycles. The van der Waals surface area contributed by atoms with Crippen LogP contribution in [-0.2, 0) is 0 Å². The number of hydrogen-bond donors (Lipinski definition) is 0. The van der Waals surface area contributed by atoms with E-state index in [0.717, 1.165) is 17.1 Å². The van der Waals surface area contributed by atoms with E-state index in [1.165, 1.54) is 96.6 Å². The van der Waals surface area contributed by atoms with Crippen molar-refractivity contribution < 1.29 is 0 Å². The van der Waals surface area contributed by atoms with Crippen molar-refractivity contribution in [3.63, 3.8) is 0 Å². The molecule has 280 valence electrons. The first-order valence-corrected chi connectivity index (χ1v) is 21.4. The lowest BCUT2D eigenvalue weighted by Gasteiger charge is -2.27. The van der Waals surface area contributed by atoms with Crippen molar-refractivity contribution in [1.29, 1.82) is 0 Å². The van der Waals surface area contributed by atoms with Crippen LogP contribution in [0.3, 0.4) is 0 Å². The van der Waals surface area contributed by atoms with Crippen molar-refractivity contribution in [3.8, 4) is 33.4 Å². The Morgan fingerprint density at radius 2 is 0.850 bits per heavy atom. The van der Waals surface area contributed by atoms with Crippen LogP contribution < -0.4 is 4.90 Å². The quantitative estimate of drug-likeness (QED) is 0.152. The molecular formula is C58H37NS. The van der Waals surface area contributed by atoms with E-state index in [-0.39, 0.29) is 0 Å². The highest BCUT2D eigenvalue weighted by Gasteiger charge is 2.17. The number of benzene rings is 11. The summed E-state index contributed by atoms with van der Waals surface area (Å²) >= 11 is 1.87. The summed E-state index contributed by atoms with van der Waals surface area (Å²) in [5.41, 5.74) is 10.6. The van der Waals surface area contributed by atoms with Crippen LogP contribution >= 0.6 is 11.3 Å². The van der Waals surface area contributed by atoms with Crippen molar-refractivity contribution in [1.82, 2.24) is 0 Å². The fourth-order valence-corrected chi connectivity index (χ4v) is 10.3. The predicted octanol–water partition coefficient (Wildman–Crippen LogP) is 17.1. The van der Waals surface area contributed by atoms with Gasteiger partial charge in [0.1, 0.15) is 0 Å². The molecule has 0 saturated carbocycles. The van der Waals surface area contributed by atoms with Gasteiger partial charge in [0.15, 0.2) is 0 Å². The average molecular weight is 780 g/mol. The number of thiophene rings is 1. The molecule has 0 aliphatic carbocycles.